The number of aryl methyl sites for hydroxylation is 1. The summed E-state index contributed by atoms with van der Waals surface area (Å²) in [6.07, 6.45) is 1.42. The van der Waals surface area contributed by atoms with E-state index in [9.17, 15) is 0 Å². The van der Waals surface area contributed by atoms with Crippen molar-refractivity contribution in [3.05, 3.63) is 40.9 Å². The molecule has 0 atom stereocenters. The van der Waals surface area contributed by atoms with Crippen LogP contribution in [0.3, 0.4) is 0 Å². The zero-order chi connectivity index (χ0) is 13.4. The summed E-state index contributed by atoms with van der Waals surface area (Å²) in [4.78, 5) is 15.7. The highest BCUT2D eigenvalue weighted by Crippen LogP contribution is 2.22. The summed E-state index contributed by atoms with van der Waals surface area (Å²) >= 11 is 5.91. The van der Waals surface area contributed by atoms with Gasteiger partial charge >= 0.3 is 0 Å². The normalized spacial score (nSPS) is 10.6. The number of H-pyrrole nitrogens is 1. The van der Waals surface area contributed by atoms with Crippen molar-refractivity contribution in [2.45, 2.75) is 6.92 Å². The van der Waals surface area contributed by atoms with Gasteiger partial charge < -0.3 is 4.98 Å². The number of halogens is 1. The topological polar surface area (TPSA) is 78.2 Å². The van der Waals surface area contributed by atoms with Crippen LogP contribution in [-0.2, 0) is 0 Å². The summed E-state index contributed by atoms with van der Waals surface area (Å²) in [6.45, 7) is 1.90. The van der Waals surface area contributed by atoms with Crippen LogP contribution in [0.1, 0.15) is 11.4 Å². The Bertz CT molecular complexity index is 816. The van der Waals surface area contributed by atoms with E-state index < -0.39 is 0 Å². The van der Waals surface area contributed by atoms with Crippen LogP contribution in [0.25, 0.3) is 22.4 Å². The second kappa shape index (κ2) is 4.34. The molecule has 2 aromatic heterocycles. The zero-order valence-corrected chi connectivity index (χ0v) is 10.7. The summed E-state index contributed by atoms with van der Waals surface area (Å²) in [5, 5.41) is 8.96. The van der Waals surface area contributed by atoms with Gasteiger partial charge in [-0.1, -0.05) is 11.6 Å². The lowest BCUT2D eigenvalue weighted by atomic mass is 10.2. The Balaban J connectivity index is 2.13. The third kappa shape index (κ3) is 2.02. The quantitative estimate of drug-likeness (QED) is 0.689. The Morgan fingerprint density at radius 2 is 2.16 bits per heavy atom. The maximum Gasteiger partial charge on any atom is 0.160 e. The van der Waals surface area contributed by atoms with Gasteiger partial charge in [0, 0.05) is 5.56 Å². The van der Waals surface area contributed by atoms with Crippen LogP contribution in [0, 0.1) is 18.3 Å². The number of imidazole rings is 1. The van der Waals surface area contributed by atoms with E-state index in [-0.39, 0.29) is 10.7 Å². The minimum atomic E-state index is 0.161. The lowest BCUT2D eigenvalue weighted by Crippen LogP contribution is -1.92. The number of rotatable bonds is 1. The van der Waals surface area contributed by atoms with Crippen LogP contribution in [0.4, 0.5) is 0 Å². The molecule has 1 N–H and O–H groups in total. The van der Waals surface area contributed by atoms with Gasteiger partial charge in [-0.3, -0.25) is 0 Å². The molecule has 6 heteroatoms. The largest absolute Gasteiger partial charge is 0.342 e. The van der Waals surface area contributed by atoms with E-state index in [0.29, 0.717) is 5.82 Å². The summed E-state index contributed by atoms with van der Waals surface area (Å²) in [5.74, 6) is 1.34. The summed E-state index contributed by atoms with van der Waals surface area (Å²) in [7, 11) is 0. The highest BCUT2D eigenvalue weighted by atomic mass is 35.5. The molecule has 1 aromatic carbocycles. The Morgan fingerprint density at radius 1 is 1.32 bits per heavy atom. The second-order valence-electron chi connectivity index (χ2n) is 4.06. The number of nitrogens with zero attached hydrogens (tertiary/aromatic N) is 4. The molecule has 0 saturated carbocycles. The number of benzene rings is 1. The van der Waals surface area contributed by atoms with Gasteiger partial charge in [0.1, 0.15) is 17.5 Å². The minimum Gasteiger partial charge on any atom is -0.342 e. The monoisotopic (exact) mass is 269 g/mol. The van der Waals surface area contributed by atoms with Gasteiger partial charge in [-0.25, -0.2) is 15.0 Å². The Morgan fingerprint density at radius 3 is 2.89 bits per heavy atom. The summed E-state index contributed by atoms with van der Waals surface area (Å²) < 4.78 is 0. The Kier molecular flexibility index (Phi) is 2.65. The molecule has 0 fully saturated rings. The molecular weight excluding hydrogens is 262 g/mol. The third-order valence-electron chi connectivity index (χ3n) is 2.72. The standard InChI is InChI=1S/C13H8ClN5/c1-7-17-10-3-2-8(4-11(10)18-7)13-16-6-9(5-15)12(14)19-13/h2-4,6H,1H3,(H,17,18). The van der Waals surface area contributed by atoms with Crippen LogP contribution >= 0.6 is 11.6 Å². The first kappa shape index (κ1) is 11.6. The molecule has 0 aliphatic heterocycles. The number of hydrogen-bond donors (Lipinski definition) is 1. The lowest BCUT2D eigenvalue weighted by Gasteiger charge is -2.01. The molecule has 2 heterocycles. The maximum absolute atomic E-state index is 8.80. The van der Waals surface area contributed by atoms with Crippen molar-refractivity contribution in [3.8, 4) is 17.5 Å². The highest BCUT2D eigenvalue weighted by Gasteiger charge is 2.08. The number of fused-ring (bicyclic) bond motifs is 1. The average Bonchev–Trinajstić information content (AvgIpc) is 2.77. The van der Waals surface area contributed by atoms with E-state index in [1.807, 2.05) is 31.2 Å². The van der Waals surface area contributed by atoms with Crippen LogP contribution in [0.15, 0.2) is 24.4 Å². The SMILES string of the molecule is Cc1nc2ccc(-c3ncc(C#N)c(Cl)n3)cc2[nH]1. The minimum absolute atomic E-state index is 0.161. The van der Waals surface area contributed by atoms with E-state index in [1.165, 1.54) is 6.20 Å². The molecule has 92 valence electrons. The molecule has 0 radical (unpaired) electrons. The van der Waals surface area contributed by atoms with Crippen LogP contribution < -0.4 is 0 Å². The molecule has 0 aliphatic rings. The first-order chi connectivity index (χ1) is 9.17. The lowest BCUT2D eigenvalue weighted by molar-refractivity contribution is 1.16. The van der Waals surface area contributed by atoms with Gasteiger partial charge in [-0.2, -0.15) is 5.26 Å². The fraction of sp³-hybridized carbons (Fsp3) is 0.0769. The van der Waals surface area contributed by atoms with Gasteiger partial charge in [0.25, 0.3) is 0 Å². The molecule has 0 aliphatic carbocycles. The summed E-state index contributed by atoms with van der Waals surface area (Å²) in [6, 6.07) is 7.61. The molecule has 3 aromatic rings. The van der Waals surface area contributed by atoms with Crippen molar-refractivity contribution in [1.29, 1.82) is 5.26 Å². The average molecular weight is 270 g/mol. The van der Waals surface area contributed by atoms with Gasteiger partial charge in [0.05, 0.1) is 17.2 Å². The molecule has 3 rings (SSSR count). The van der Waals surface area contributed by atoms with E-state index in [1.54, 1.807) is 0 Å². The van der Waals surface area contributed by atoms with E-state index >= 15 is 0 Å². The molecular formula is C13H8ClN5. The maximum atomic E-state index is 8.80. The van der Waals surface area contributed by atoms with Crippen LogP contribution in [0.5, 0.6) is 0 Å². The first-order valence-corrected chi connectivity index (χ1v) is 5.94. The molecule has 0 unspecified atom stereocenters. The van der Waals surface area contributed by atoms with Crippen LogP contribution in [0.2, 0.25) is 5.15 Å². The van der Waals surface area contributed by atoms with Gasteiger partial charge in [0.15, 0.2) is 11.0 Å². The van der Waals surface area contributed by atoms with Crippen molar-refractivity contribution in [3.63, 3.8) is 0 Å². The second-order valence-corrected chi connectivity index (χ2v) is 4.42. The van der Waals surface area contributed by atoms with Crippen molar-refractivity contribution in [2.24, 2.45) is 0 Å². The number of aromatic amines is 1. The van der Waals surface area contributed by atoms with Crippen molar-refractivity contribution in [1.82, 2.24) is 19.9 Å². The van der Waals surface area contributed by atoms with Gasteiger partial charge in [-0.05, 0) is 25.1 Å². The van der Waals surface area contributed by atoms with Crippen molar-refractivity contribution in [2.75, 3.05) is 0 Å². The Hall–Kier alpha value is -2.45. The third-order valence-corrected chi connectivity index (χ3v) is 3.01. The molecule has 5 nitrogen and oxygen atoms in total. The molecule has 0 spiro atoms. The number of aromatic nitrogens is 4. The van der Waals surface area contributed by atoms with Crippen molar-refractivity contribution >= 4 is 22.6 Å². The number of nitrogens with one attached hydrogen (secondary N) is 1. The van der Waals surface area contributed by atoms with Crippen LogP contribution in [-0.4, -0.2) is 19.9 Å². The fourth-order valence-corrected chi connectivity index (χ4v) is 2.02. The zero-order valence-electron chi connectivity index (χ0n) is 9.98. The number of hydrogen-bond acceptors (Lipinski definition) is 4. The van der Waals surface area contributed by atoms with Gasteiger partial charge in [0.2, 0.25) is 0 Å². The fourth-order valence-electron chi connectivity index (χ4n) is 1.85. The van der Waals surface area contributed by atoms with E-state index in [4.69, 9.17) is 16.9 Å². The molecule has 0 saturated heterocycles. The Labute approximate surface area is 113 Å². The van der Waals surface area contributed by atoms with E-state index in [0.717, 1.165) is 22.4 Å². The molecule has 0 amide bonds. The van der Waals surface area contributed by atoms with Gasteiger partial charge in [-0.15, -0.1) is 0 Å². The summed E-state index contributed by atoms with van der Waals surface area (Å²) in [5.41, 5.74) is 2.89. The smallest absolute Gasteiger partial charge is 0.160 e. The van der Waals surface area contributed by atoms with Crippen molar-refractivity contribution < 1.29 is 0 Å². The van der Waals surface area contributed by atoms with E-state index in [2.05, 4.69) is 19.9 Å². The predicted molar refractivity (Wildman–Crippen MR) is 71.6 cm³/mol. The first-order valence-electron chi connectivity index (χ1n) is 5.57. The highest BCUT2D eigenvalue weighted by molar-refractivity contribution is 6.30. The molecule has 0 bridgehead atoms. The molecule has 19 heavy (non-hydrogen) atoms. The predicted octanol–water partition coefficient (Wildman–Crippen LogP) is 2.85. The number of nitriles is 1.